The fourth-order valence-electron chi connectivity index (χ4n) is 2.32. The molecule has 1 unspecified atom stereocenters. The van der Waals surface area contributed by atoms with Gasteiger partial charge in [0.2, 0.25) is 10.0 Å². The van der Waals surface area contributed by atoms with Gasteiger partial charge in [-0.15, -0.1) is 0 Å². The molecule has 7 heteroatoms. The molecule has 0 amide bonds. The SMILES string of the molecule is Cc1ccc(Cl)c(NS(=O)(=O)CC2CCCNC2)c1Cl. The number of hydrogen-bond acceptors (Lipinski definition) is 3. The minimum atomic E-state index is -3.45. The van der Waals surface area contributed by atoms with Crippen molar-refractivity contribution < 1.29 is 8.42 Å². The Morgan fingerprint density at radius 1 is 1.40 bits per heavy atom. The van der Waals surface area contributed by atoms with Crippen LogP contribution in [-0.2, 0) is 10.0 Å². The summed E-state index contributed by atoms with van der Waals surface area (Å²) in [6.07, 6.45) is 1.93. The van der Waals surface area contributed by atoms with Crippen molar-refractivity contribution in [2.75, 3.05) is 23.6 Å². The first-order valence-electron chi connectivity index (χ1n) is 6.55. The van der Waals surface area contributed by atoms with E-state index in [4.69, 9.17) is 23.2 Å². The maximum absolute atomic E-state index is 12.2. The highest BCUT2D eigenvalue weighted by Crippen LogP contribution is 2.33. The van der Waals surface area contributed by atoms with Gasteiger partial charge in [0.25, 0.3) is 0 Å². The predicted octanol–water partition coefficient (Wildman–Crippen LogP) is 3.04. The van der Waals surface area contributed by atoms with Crippen LogP contribution in [-0.4, -0.2) is 27.3 Å². The first-order valence-corrected chi connectivity index (χ1v) is 8.95. The van der Waals surface area contributed by atoms with Gasteiger partial charge in [0.1, 0.15) is 0 Å². The summed E-state index contributed by atoms with van der Waals surface area (Å²) in [6.45, 7) is 3.50. The van der Waals surface area contributed by atoms with Gasteiger partial charge >= 0.3 is 0 Å². The van der Waals surface area contributed by atoms with Crippen LogP contribution in [0.5, 0.6) is 0 Å². The van der Waals surface area contributed by atoms with Crippen LogP contribution >= 0.6 is 23.2 Å². The molecule has 4 nitrogen and oxygen atoms in total. The highest BCUT2D eigenvalue weighted by Gasteiger charge is 2.23. The van der Waals surface area contributed by atoms with Crippen molar-refractivity contribution in [3.05, 3.63) is 27.7 Å². The first-order chi connectivity index (χ1) is 9.39. The molecule has 1 aliphatic heterocycles. The maximum atomic E-state index is 12.2. The molecule has 2 N–H and O–H groups in total. The number of sulfonamides is 1. The molecule has 1 aliphatic rings. The van der Waals surface area contributed by atoms with Gasteiger partial charge < -0.3 is 5.32 Å². The largest absolute Gasteiger partial charge is 0.316 e. The third-order valence-corrected chi connectivity index (χ3v) is 5.62. The van der Waals surface area contributed by atoms with E-state index >= 15 is 0 Å². The molecule has 1 aromatic carbocycles. The molecule has 1 atom stereocenters. The van der Waals surface area contributed by atoms with E-state index in [2.05, 4.69) is 10.0 Å². The lowest BCUT2D eigenvalue weighted by atomic mass is 10.0. The van der Waals surface area contributed by atoms with Gasteiger partial charge in [-0.2, -0.15) is 0 Å². The van der Waals surface area contributed by atoms with E-state index in [9.17, 15) is 8.42 Å². The van der Waals surface area contributed by atoms with Crippen LogP contribution in [0.3, 0.4) is 0 Å². The summed E-state index contributed by atoms with van der Waals surface area (Å²) in [5.41, 5.74) is 1.06. The van der Waals surface area contributed by atoms with Crippen LogP contribution in [0, 0.1) is 12.8 Å². The molecule has 0 bridgehead atoms. The van der Waals surface area contributed by atoms with Crippen LogP contribution in [0.25, 0.3) is 0 Å². The van der Waals surface area contributed by atoms with E-state index in [-0.39, 0.29) is 17.4 Å². The third-order valence-electron chi connectivity index (χ3n) is 3.40. The Morgan fingerprint density at radius 2 is 2.15 bits per heavy atom. The summed E-state index contributed by atoms with van der Waals surface area (Å²) < 4.78 is 27.0. The number of piperidine rings is 1. The van der Waals surface area contributed by atoms with E-state index in [1.54, 1.807) is 12.1 Å². The van der Waals surface area contributed by atoms with Crippen LogP contribution in [0.4, 0.5) is 5.69 Å². The standard InChI is InChI=1S/C13H18Cl2N2O2S/c1-9-4-5-11(14)13(12(9)15)17-20(18,19)8-10-3-2-6-16-7-10/h4-5,10,16-17H,2-3,6-8H2,1H3. The lowest BCUT2D eigenvalue weighted by molar-refractivity contribution is 0.404. The Labute approximate surface area is 129 Å². The van der Waals surface area contributed by atoms with Crippen molar-refractivity contribution in [3.8, 4) is 0 Å². The maximum Gasteiger partial charge on any atom is 0.233 e. The summed E-state index contributed by atoms with van der Waals surface area (Å²) in [5, 5.41) is 3.87. The molecule has 1 aromatic rings. The summed E-state index contributed by atoms with van der Waals surface area (Å²) in [5.74, 6) is 0.212. The van der Waals surface area contributed by atoms with Crippen LogP contribution < -0.4 is 10.0 Å². The number of benzene rings is 1. The smallest absolute Gasteiger partial charge is 0.233 e. The highest BCUT2D eigenvalue weighted by molar-refractivity contribution is 7.92. The molecule has 1 fully saturated rings. The van der Waals surface area contributed by atoms with Crippen molar-refractivity contribution in [1.29, 1.82) is 0 Å². The third kappa shape index (κ3) is 4.01. The molecule has 0 aliphatic carbocycles. The van der Waals surface area contributed by atoms with E-state index in [1.165, 1.54) is 0 Å². The first kappa shape index (κ1) is 15.9. The van der Waals surface area contributed by atoms with E-state index < -0.39 is 10.0 Å². The average Bonchev–Trinajstić information content (AvgIpc) is 2.40. The normalized spacial score (nSPS) is 19.9. The fraction of sp³-hybridized carbons (Fsp3) is 0.538. The van der Waals surface area contributed by atoms with Crippen LogP contribution in [0.2, 0.25) is 10.0 Å². The molecule has 20 heavy (non-hydrogen) atoms. The van der Waals surface area contributed by atoms with Gasteiger partial charge in [0.05, 0.1) is 21.5 Å². The Bertz CT molecular complexity index is 584. The number of hydrogen-bond donors (Lipinski definition) is 2. The number of nitrogens with one attached hydrogen (secondary N) is 2. The molecule has 0 radical (unpaired) electrons. The number of rotatable bonds is 4. The molecule has 2 rings (SSSR count). The summed E-state index contributed by atoms with van der Waals surface area (Å²) >= 11 is 12.2. The molecule has 0 saturated carbocycles. The molecule has 1 heterocycles. The molecular formula is C13H18Cl2N2O2S. The Hall–Kier alpha value is -0.490. The minimum absolute atomic E-state index is 0.0839. The van der Waals surface area contributed by atoms with Gasteiger partial charge in [-0.05, 0) is 50.4 Å². The summed E-state index contributed by atoms with van der Waals surface area (Å²) in [6, 6.07) is 3.40. The van der Waals surface area contributed by atoms with Crippen molar-refractivity contribution in [1.82, 2.24) is 5.32 Å². The van der Waals surface area contributed by atoms with Gasteiger partial charge in [0, 0.05) is 0 Å². The number of anilines is 1. The van der Waals surface area contributed by atoms with Crippen molar-refractivity contribution in [2.24, 2.45) is 5.92 Å². The van der Waals surface area contributed by atoms with Crippen molar-refractivity contribution in [3.63, 3.8) is 0 Å². The van der Waals surface area contributed by atoms with E-state index in [0.29, 0.717) is 10.0 Å². The second kappa shape index (κ2) is 6.52. The topological polar surface area (TPSA) is 58.2 Å². The van der Waals surface area contributed by atoms with Crippen molar-refractivity contribution in [2.45, 2.75) is 19.8 Å². The lowest BCUT2D eigenvalue weighted by Gasteiger charge is -2.23. The molecule has 1 saturated heterocycles. The zero-order valence-electron chi connectivity index (χ0n) is 11.2. The van der Waals surface area contributed by atoms with Gasteiger partial charge in [-0.3, -0.25) is 4.72 Å². The zero-order valence-corrected chi connectivity index (χ0v) is 13.6. The predicted molar refractivity (Wildman–Crippen MR) is 84.2 cm³/mol. The lowest BCUT2D eigenvalue weighted by Crippen LogP contribution is -2.35. The molecule has 0 aromatic heterocycles. The van der Waals surface area contributed by atoms with Crippen LogP contribution in [0.1, 0.15) is 18.4 Å². The van der Waals surface area contributed by atoms with E-state index in [0.717, 1.165) is 31.5 Å². The fourth-order valence-corrected chi connectivity index (χ4v) is 4.41. The Balaban J connectivity index is 2.14. The quantitative estimate of drug-likeness (QED) is 0.888. The summed E-state index contributed by atoms with van der Waals surface area (Å²) in [4.78, 5) is 0. The average molecular weight is 337 g/mol. The molecular weight excluding hydrogens is 319 g/mol. The van der Waals surface area contributed by atoms with Gasteiger partial charge in [0.15, 0.2) is 0 Å². The number of aryl methyl sites for hydroxylation is 1. The zero-order chi connectivity index (χ0) is 14.8. The van der Waals surface area contributed by atoms with Crippen LogP contribution in [0.15, 0.2) is 12.1 Å². The van der Waals surface area contributed by atoms with Gasteiger partial charge in [-0.1, -0.05) is 29.3 Å². The number of halogens is 2. The summed E-state index contributed by atoms with van der Waals surface area (Å²) in [7, 11) is -3.45. The van der Waals surface area contributed by atoms with Gasteiger partial charge in [-0.25, -0.2) is 8.42 Å². The van der Waals surface area contributed by atoms with E-state index in [1.807, 2.05) is 6.92 Å². The molecule has 112 valence electrons. The second-order valence-electron chi connectivity index (χ2n) is 5.15. The Morgan fingerprint density at radius 3 is 2.80 bits per heavy atom. The second-order valence-corrected chi connectivity index (χ2v) is 7.70. The Kier molecular flexibility index (Phi) is 5.18. The minimum Gasteiger partial charge on any atom is -0.316 e. The molecule has 0 spiro atoms. The highest BCUT2D eigenvalue weighted by atomic mass is 35.5. The monoisotopic (exact) mass is 336 g/mol. The van der Waals surface area contributed by atoms with Crippen molar-refractivity contribution >= 4 is 38.9 Å².